The first-order valence-electron chi connectivity index (χ1n) is 11.4. The fraction of sp³-hybridized carbons (Fsp3) is 0.231. The smallest absolute Gasteiger partial charge is 0.274 e. The first-order valence-corrected chi connectivity index (χ1v) is 13.1. The number of benzene rings is 2. The van der Waals surface area contributed by atoms with Crippen LogP contribution in [0.3, 0.4) is 0 Å². The minimum absolute atomic E-state index is 0.0520. The molecular weight excluding hydrogens is 462 g/mol. The van der Waals surface area contributed by atoms with Crippen LogP contribution < -0.4 is 10.3 Å². The van der Waals surface area contributed by atoms with Gasteiger partial charge in [0.05, 0.1) is 17.0 Å². The van der Waals surface area contributed by atoms with Crippen molar-refractivity contribution in [3.05, 3.63) is 82.2 Å². The fourth-order valence-corrected chi connectivity index (χ4v) is 5.14. The van der Waals surface area contributed by atoms with Crippen LogP contribution in [0, 0.1) is 13.8 Å². The van der Waals surface area contributed by atoms with E-state index in [9.17, 15) is 13.2 Å². The van der Waals surface area contributed by atoms with Crippen LogP contribution in [0.25, 0.3) is 33.1 Å². The second-order valence-electron chi connectivity index (χ2n) is 8.86. The van der Waals surface area contributed by atoms with Crippen molar-refractivity contribution in [2.24, 2.45) is 7.05 Å². The number of hydrogen-bond acceptors (Lipinski definition) is 4. The fourth-order valence-electron chi connectivity index (χ4n) is 4.50. The molecule has 0 fully saturated rings. The third-order valence-corrected chi connectivity index (χ3v) is 7.61. The highest BCUT2D eigenvalue weighted by molar-refractivity contribution is 7.92. The van der Waals surface area contributed by atoms with Gasteiger partial charge in [0.1, 0.15) is 16.9 Å². The Morgan fingerprint density at radius 1 is 1.11 bits per heavy atom. The lowest BCUT2D eigenvalue weighted by Crippen LogP contribution is -2.17. The molecule has 35 heavy (non-hydrogen) atoms. The summed E-state index contributed by atoms with van der Waals surface area (Å²) in [5.74, 6) is 0.728. The van der Waals surface area contributed by atoms with Gasteiger partial charge < -0.3 is 14.1 Å². The Labute approximate surface area is 203 Å². The number of pyridine rings is 1. The molecule has 0 amide bonds. The number of anilines is 1. The summed E-state index contributed by atoms with van der Waals surface area (Å²) in [6.45, 7) is 6.17. The van der Waals surface area contributed by atoms with Gasteiger partial charge in [-0.15, -0.1) is 0 Å². The molecule has 8 nitrogen and oxygen atoms in total. The molecule has 0 aliphatic rings. The van der Waals surface area contributed by atoms with E-state index in [0.29, 0.717) is 23.3 Å². The molecule has 5 rings (SSSR count). The molecule has 0 spiro atoms. The van der Waals surface area contributed by atoms with Gasteiger partial charge in [-0.1, -0.05) is 29.8 Å². The van der Waals surface area contributed by atoms with E-state index in [2.05, 4.69) is 39.4 Å². The first kappa shape index (κ1) is 22.9. The number of H-pyrrole nitrogens is 1. The van der Waals surface area contributed by atoms with Gasteiger partial charge in [-0.05, 0) is 50.1 Å². The first-order chi connectivity index (χ1) is 16.7. The summed E-state index contributed by atoms with van der Waals surface area (Å²) in [5, 5.41) is 0.776. The van der Waals surface area contributed by atoms with Gasteiger partial charge in [-0.2, -0.15) is 0 Å². The maximum atomic E-state index is 12.6. The van der Waals surface area contributed by atoms with Crippen LogP contribution in [0.1, 0.15) is 23.9 Å². The zero-order chi connectivity index (χ0) is 24.9. The minimum Gasteiger partial charge on any atom is -0.357 e. The van der Waals surface area contributed by atoms with Crippen LogP contribution in [-0.2, 0) is 23.6 Å². The van der Waals surface area contributed by atoms with E-state index in [1.165, 1.54) is 10.1 Å². The molecule has 0 unspecified atom stereocenters. The molecule has 3 aromatic heterocycles. The van der Waals surface area contributed by atoms with Gasteiger partial charge in [0.25, 0.3) is 5.56 Å². The van der Waals surface area contributed by atoms with Crippen molar-refractivity contribution in [3.8, 4) is 11.1 Å². The maximum absolute atomic E-state index is 12.6. The zero-order valence-corrected chi connectivity index (χ0v) is 20.9. The largest absolute Gasteiger partial charge is 0.357 e. The molecule has 0 saturated heterocycles. The maximum Gasteiger partial charge on any atom is 0.274 e. The average Bonchev–Trinajstić information content (AvgIpc) is 3.42. The van der Waals surface area contributed by atoms with E-state index in [4.69, 9.17) is 4.98 Å². The van der Waals surface area contributed by atoms with Crippen molar-refractivity contribution < 1.29 is 8.42 Å². The monoisotopic (exact) mass is 489 g/mol. The Morgan fingerprint density at radius 3 is 2.66 bits per heavy atom. The van der Waals surface area contributed by atoms with Crippen LogP contribution in [0.15, 0.2) is 59.7 Å². The summed E-state index contributed by atoms with van der Waals surface area (Å²) < 4.78 is 31.5. The van der Waals surface area contributed by atoms with E-state index in [-0.39, 0.29) is 11.3 Å². The van der Waals surface area contributed by atoms with Crippen LogP contribution in [0.4, 0.5) is 5.69 Å². The number of nitrogens with zero attached hydrogens (tertiary/aromatic N) is 3. The third-order valence-electron chi connectivity index (χ3n) is 6.32. The predicted octanol–water partition coefficient (Wildman–Crippen LogP) is 4.31. The zero-order valence-electron chi connectivity index (χ0n) is 20.1. The molecule has 0 atom stereocenters. The molecule has 9 heteroatoms. The van der Waals surface area contributed by atoms with E-state index in [1.54, 1.807) is 32.4 Å². The van der Waals surface area contributed by atoms with Gasteiger partial charge in [0.2, 0.25) is 10.0 Å². The van der Waals surface area contributed by atoms with E-state index in [0.717, 1.165) is 33.4 Å². The van der Waals surface area contributed by atoms with Crippen molar-refractivity contribution in [2.45, 2.75) is 27.3 Å². The second-order valence-corrected chi connectivity index (χ2v) is 10.9. The topological polar surface area (TPSA) is 102 Å². The normalized spacial score (nSPS) is 12.0. The number of hydrogen-bond donors (Lipinski definition) is 2. The van der Waals surface area contributed by atoms with Crippen LogP contribution in [0.5, 0.6) is 0 Å². The average molecular weight is 490 g/mol. The Kier molecular flexibility index (Phi) is 5.52. The number of imidazole rings is 1. The van der Waals surface area contributed by atoms with E-state index >= 15 is 0 Å². The number of nitrogens with one attached hydrogen (secondary N) is 2. The summed E-state index contributed by atoms with van der Waals surface area (Å²) in [6.07, 6.45) is 3.52. The van der Waals surface area contributed by atoms with Gasteiger partial charge in [-0.25, -0.2) is 13.4 Å². The summed E-state index contributed by atoms with van der Waals surface area (Å²) in [4.78, 5) is 20.4. The Balaban J connectivity index is 1.79. The number of rotatable bonds is 6. The van der Waals surface area contributed by atoms with E-state index in [1.807, 2.05) is 25.1 Å². The summed E-state index contributed by atoms with van der Waals surface area (Å²) in [6, 6.07) is 14.0. The van der Waals surface area contributed by atoms with Crippen molar-refractivity contribution >= 4 is 37.6 Å². The highest BCUT2D eigenvalue weighted by Gasteiger charge is 2.19. The van der Waals surface area contributed by atoms with Crippen LogP contribution in [0.2, 0.25) is 0 Å². The third kappa shape index (κ3) is 4.12. The SMILES string of the molecule is CCS(=O)(=O)Nc1cc(-c2cn(C)c(=O)c3[nH]ccc23)cc2c1nc(C)n2Cc1cccc(C)c1. The lowest BCUT2D eigenvalue weighted by molar-refractivity contribution is 0.602. The van der Waals surface area contributed by atoms with E-state index < -0.39 is 10.0 Å². The molecule has 2 aromatic carbocycles. The molecule has 0 aliphatic carbocycles. The van der Waals surface area contributed by atoms with Crippen molar-refractivity contribution in [2.75, 3.05) is 10.5 Å². The van der Waals surface area contributed by atoms with Crippen LogP contribution >= 0.6 is 0 Å². The number of sulfonamides is 1. The summed E-state index contributed by atoms with van der Waals surface area (Å²) in [5.41, 5.74) is 6.11. The Hall–Kier alpha value is -3.85. The van der Waals surface area contributed by atoms with Crippen LogP contribution in [-0.4, -0.2) is 33.3 Å². The number of aromatic nitrogens is 4. The highest BCUT2D eigenvalue weighted by Crippen LogP contribution is 2.35. The quantitative estimate of drug-likeness (QED) is 0.371. The molecule has 3 heterocycles. The Morgan fingerprint density at radius 2 is 1.91 bits per heavy atom. The lowest BCUT2D eigenvalue weighted by Gasteiger charge is -2.13. The molecule has 5 aromatic rings. The molecule has 0 radical (unpaired) electrons. The number of fused-ring (bicyclic) bond motifs is 2. The Bertz CT molecular complexity index is 1760. The highest BCUT2D eigenvalue weighted by atomic mass is 32.2. The second kappa shape index (κ2) is 8.42. The standard InChI is InChI=1S/C26H27N5O3S/c1-5-35(33,34)29-22-12-19(21-15-30(4)26(32)24-20(21)9-10-27-24)13-23-25(22)28-17(3)31(23)14-18-8-6-7-16(2)11-18/h6-13,15,27,29H,5,14H2,1-4H3. The van der Waals surface area contributed by atoms with Gasteiger partial charge in [-0.3, -0.25) is 9.52 Å². The van der Waals surface area contributed by atoms with Crippen molar-refractivity contribution in [3.63, 3.8) is 0 Å². The minimum atomic E-state index is -3.54. The number of aryl methyl sites for hydroxylation is 3. The molecule has 0 bridgehead atoms. The molecular formula is C26H27N5O3S. The molecule has 180 valence electrons. The molecule has 0 aliphatic heterocycles. The van der Waals surface area contributed by atoms with Crippen molar-refractivity contribution in [1.82, 2.24) is 19.1 Å². The summed E-state index contributed by atoms with van der Waals surface area (Å²) in [7, 11) is -1.83. The van der Waals surface area contributed by atoms with Gasteiger partial charge in [0.15, 0.2) is 0 Å². The van der Waals surface area contributed by atoms with Crippen molar-refractivity contribution in [1.29, 1.82) is 0 Å². The van der Waals surface area contributed by atoms with Gasteiger partial charge >= 0.3 is 0 Å². The number of aromatic amines is 1. The lowest BCUT2D eigenvalue weighted by atomic mass is 10.0. The summed E-state index contributed by atoms with van der Waals surface area (Å²) >= 11 is 0. The molecule has 0 saturated carbocycles. The molecule has 2 N–H and O–H groups in total. The predicted molar refractivity (Wildman–Crippen MR) is 140 cm³/mol. The van der Waals surface area contributed by atoms with Gasteiger partial charge in [0, 0.05) is 36.9 Å².